The van der Waals surface area contributed by atoms with E-state index in [1.165, 1.54) is 6.07 Å². The van der Waals surface area contributed by atoms with Gasteiger partial charge in [-0.05, 0) is 73.9 Å². The normalized spacial score (nSPS) is 13.1. The van der Waals surface area contributed by atoms with Gasteiger partial charge in [0.1, 0.15) is 23.8 Å². The second kappa shape index (κ2) is 23.6. The van der Waals surface area contributed by atoms with E-state index in [1.54, 1.807) is 37.4 Å². The summed E-state index contributed by atoms with van der Waals surface area (Å²) in [4.78, 5) is 62.2. The minimum atomic E-state index is -1.66. The van der Waals surface area contributed by atoms with Gasteiger partial charge in [-0.25, -0.2) is 0 Å². The zero-order valence-corrected chi connectivity index (χ0v) is 36.0. The molecule has 0 radical (unpaired) electrons. The van der Waals surface area contributed by atoms with Crippen LogP contribution in [0.4, 0.5) is 5.69 Å². The lowest BCUT2D eigenvalue weighted by Crippen LogP contribution is -2.55. The molecule has 5 aromatic rings. The molecule has 0 aliphatic rings. The number of rotatable bonds is 22. The van der Waals surface area contributed by atoms with Crippen molar-refractivity contribution < 1.29 is 34.4 Å². The van der Waals surface area contributed by atoms with Crippen LogP contribution in [-0.2, 0) is 38.6 Å². The molecule has 1 unspecified atom stereocenters. The van der Waals surface area contributed by atoms with Crippen LogP contribution in [0.15, 0.2) is 108 Å². The molecule has 16 heteroatoms. The number of carbonyl (C=O) groups is 3. The van der Waals surface area contributed by atoms with E-state index in [4.69, 9.17) is 10.5 Å². The van der Waals surface area contributed by atoms with Crippen molar-refractivity contribution >= 4 is 34.3 Å². The number of aromatic hydroxyl groups is 2. The van der Waals surface area contributed by atoms with Crippen molar-refractivity contribution in [2.24, 2.45) is 11.7 Å². The SMILES string of the molecule is CCNC(=O)[C@H](CC(C)C)NC(=O)[C@H](Cc1c[nH]c2ccccc12)NC(=O)[C@H](CCCCN)n1c(O)ccc(NC(O)OCc2ccccc2)c(=O)[nH]c(Cc2ccccc2)c1O. The summed E-state index contributed by atoms with van der Waals surface area (Å²) in [7, 11) is 0. The highest BCUT2D eigenvalue weighted by atomic mass is 16.6. The third kappa shape index (κ3) is 13.7. The van der Waals surface area contributed by atoms with E-state index < -0.39 is 53.7 Å². The Morgan fingerprint density at radius 2 is 1.49 bits per heavy atom. The number of amides is 3. The van der Waals surface area contributed by atoms with Crippen molar-refractivity contribution in [3.63, 3.8) is 0 Å². The standard InChI is InChI=1S/C47H60N8O8/c1-4-49-42(57)37(25-30(2)3)51-44(59)38(27-33-28-50-35-20-12-11-19-34(33)35)52-45(60)40(21-13-14-24-48)55-41(56)23-22-36(54-47(62)63-29-32-17-9-6-10-18-32)43(58)53-39(46(55)61)26-31-15-7-5-8-16-31/h5-12,15-20,22-23,28,30,37-38,40,47,50,54,56,61-62H,4,13-14,21,24-27,29,48H2,1-3H3,(H,49,57)(H,51,59)(H,52,60)(H,53,58)/t37-,38-,40-,47?/m0/s1. The van der Waals surface area contributed by atoms with Gasteiger partial charge in [-0.15, -0.1) is 0 Å². The fraction of sp³-hybridized carbons (Fsp3) is 0.362. The highest BCUT2D eigenvalue weighted by Crippen LogP contribution is 2.30. The molecule has 11 N–H and O–H groups in total. The summed E-state index contributed by atoms with van der Waals surface area (Å²) in [5, 5.41) is 46.8. The van der Waals surface area contributed by atoms with Crippen LogP contribution in [0.3, 0.4) is 0 Å². The number of hydrogen-bond donors (Lipinski definition) is 10. The average Bonchev–Trinajstić information content (AvgIpc) is 3.69. The molecule has 0 aliphatic carbocycles. The number of ether oxygens (including phenoxy) is 1. The first-order chi connectivity index (χ1) is 30.4. The van der Waals surface area contributed by atoms with Crippen LogP contribution >= 0.6 is 0 Å². The highest BCUT2D eigenvalue weighted by molar-refractivity contribution is 5.94. The molecule has 0 fully saturated rings. The third-order valence-corrected chi connectivity index (χ3v) is 10.4. The van der Waals surface area contributed by atoms with E-state index in [-0.39, 0.29) is 49.1 Å². The molecule has 2 heterocycles. The molecule has 0 aliphatic heterocycles. The Hall–Kier alpha value is -6.62. The van der Waals surface area contributed by atoms with Crippen LogP contribution in [0, 0.1) is 5.92 Å². The molecule has 0 saturated heterocycles. The van der Waals surface area contributed by atoms with E-state index in [1.807, 2.05) is 74.5 Å². The third-order valence-electron chi connectivity index (χ3n) is 10.4. The Bertz CT molecular complexity index is 2380. The van der Waals surface area contributed by atoms with Crippen LogP contribution in [0.2, 0.25) is 0 Å². The molecule has 63 heavy (non-hydrogen) atoms. The van der Waals surface area contributed by atoms with Gasteiger partial charge in [0.2, 0.25) is 30.0 Å². The number of carbonyl (C=O) groups excluding carboxylic acids is 3. The minimum Gasteiger partial charge on any atom is -0.494 e. The maximum absolute atomic E-state index is 14.9. The number of hydrogen-bond acceptors (Lipinski definition) is 10. The molecule has 5 rings (SSSR count). The van der Waals surface area contributed by atoms with E-state index in [9.17, 15) is 34.5 Å². The van der Waals surface area contributed by atoms with Crippen LogP contribution in [0.5, 0.6) is 11.8 Å². The molecule has 4 atom stereocenters. The molecule has 0 spiro atoms. The van der Waals surface area contributed by atoms with Crippen molar-refractivity contribution in [1.29, 1.82) is 0 Å². The molecule has 3 amide bonds. The van der Waals surface area contributed by atoms with Gasteiger partial charge in [0.05, 0.1) is 12.3 Å². The molecule has 336 valence electrons. The van der Waals surface area contributed by atoms with Gasteiger partial charge in [-0.2, -0.15) is 0 Å². The maximum Gasteiger partial charge on any atom is 0.271 e. The number of nitrogens with two attached hydrogens (primary N) is 1. The monoisotopic (exact) mass is 864 g/mol. The summed E-state index contributed by atoms with van der Waals surface area (Å²) in [6.07, 6.45) is 1.30. The lowest BCUT2D eigenvalue weighted by Gasteiger charge is -2.27. The Kier molecular flexibility index (Phi) is 17.7. The Balaban J connectivity index is 1.59. The van der Waals surface area contributed by atoms with E-state index in [0.717, 1.165) is 32.7 Å². The maximum atomic E-state index is 14.9. The fourth-order valence-electron chi connectivity index (χ4n) is 7.23. The predicted molar refractivity (Wildman–Crippen MR) is 242 cm³/mol. The largest absolute Gasteiger partial charge is 0.494 e. The number of fused-ring (bicyclic) bond motifs is 1. The van der Waals surface area contributed by atoms with Crippen molar-refractivity contribution in [1.82, 2.24) is 30.5 Å². The minimum absolute atomic E-state index is 0.0158. The molecular formula is C47H60N8O8. The summed E-state index contributed by atoms with van der Waals surface area (Å²) in [6, 6.07) is 24.4. The highest BCUT2D eigenvalue weighted by Gasteiger charge is 2.32. The summed E-state index contributed by atoms with van der Waals surface area (Å²) in [6.45, 7) is 6.32. The number of nitrogens with zero attached hydrogens (tertiary/aromatic N) is 1. The number of nitrogens with one attached hydrogen (secondary N) is 6. The Morgan fingerprint density at radius 3 is 2.17 bits per heavy atom. The predicted octanol–water partition coefficient (Wildman–Crippen LogP) is 4.75. The first-order valence-corrected chi connectivity index (χ1v) is 21.3. The average molecular weight is 865 g/mol. The van der Waals surface area contributed by atoms with Gasteiger partial charge in [0.15, 0.2) is 5.88 Å². The zero-order chi connectivity index (χ0) is 45.3. The number of aliphatic hydroxyl groups is 1. The van der Waals surface area contributed by atoms with E-state index in [2.05, 4.69) is 31.2 Å². The zero-order valence-electron chi connectivity index (χ0n) is 36.0. The lowest BCUT2D eigenvalue weighted by molar-refractivity contribution is -0.133. The molecule has 0 bridgehead atoms. The molecule has 16 nitrogen and oxygen atoms in total. The summed E-state index contributed by atoms with van der Waals surface area (Å²) in [5.41, 5.74) is 7.78. The smallest absolute Gasteiger partial charge is 0.271 e. The molecule has 2 aromatic heterocycles. The van der Waals surface area contributed by atoms with Crippen LogP contribution in [0.25, 0.3) is 10.9 Å². The van der Waals surface area contributed by atoms with Crippen molar-refractivity contribution in [2.45, 2.75) is 90.4 Å². The quantitative estimate of drug-likeness (QED) is 0.0338. The molecular weight excluding hydrogens is 805 g/mol. The number of anilines is 1. The Morgan fingerprint density at radius 1 is 0.825 bits per heavy atom. The number of H-pyrrole nitrogens is 2. The number of aromatic nitrogens is 3. The first kappa shape index (κ1) is 47.4. The van der Waals surface area contributed by atoms with Gasteiger partial charge in [0, 0.05) is 42.6 Å². The summed E-state index contributed by atoms with van der Waals surface area (Å²) < 4.78 is 6.54. The van der Waals surface area contributed by atoms with Gasteiger partial charge in [-0.3, -0.25) is 23.7 Å². The topological polar surface area (TPSA) is 249 Å². The first-order valence-electron chi connectivity index (χ1n) is 21.3. The number of benzene rings is 3. The fourth-order valence-corrected chi connectivity index (χ4v) is 7.23. The van der Waals surface area contributed by atoms with Gasteiger partial charge < -0.3 is 57.0 Å². The van der Waals surface area contributed by atoms with Gasteiger partial charge >= 0.3 is 0 Å². The summed E-state index contributed by atoms with van der Waals surface area (Å²) >= 11 is 0. The van der Waals surface area contributed by atoms with Crippen molar-refractivity contribution in [3.05, 3.63) is 136 Å². The second-order valence-electron chi connectivity index (χ2n) is 15.7. The van der Waals surface area contributed by atoms with E-state index >= 15 is 0 Å². The molecule has 3 aromatic carbocycles. The number of aromatic amines is 2. The number of para-hydroxylation sites is 1. The van der Waals surface area contributed by atoms with Gasteiger partial charge in [0.25, 0.3) is 5.56 Å². The summed E-state index contributed by atoms with van der Waals surface area (Å²) in [5.74, 6) is -2.94. The lowest BCUT2D eigenvalue weighted by atomic mass is 10.00. The number of aliphatic hydroxyl groups excluding tert-OH is 1. The van der Waals surface area contributed by atoms with Gasteiger partial charge in [-0.1, -0.05) is 92.7 Å². The van der Waals surface area contributed by atoms with Crippen molar-refractivity contribution in [3.8, 4) is 11.8 Å². The molecule has 0 saturated carbocycles. The Labute approximate surface area is 366 Å². The van der Waals surface area contributed by atoms with E-state index in [0.29, 0.717) is 37.9 Å². The van der Waals surface area contributed by atoms with Crippen LogP contribution in [0.1, 0.15) is 74.9 Å². The van der Waals surface area contributed by atoms with Crippen molar-refractivity contribution in [2.75, 3.05) is 18.4 Å². The second-order valence-corrected chi connectivity index (χ2v) is 15.7. The van der Waals surface area contributed by atoms with Crippen LogP contribution < -0.4 is 32.6 Å². The van der Waals surface area contributed by atoms with Crippen LogP contribution in [-0.4, -0.2) is 79.2 Å². The number of likely N-dealkylation sites (N-methyl/N-ethyl adjacent to an activating group) is 1. The number of unbranched alkanes of at least 4 members (excludes halogenated alkanes) is 1.